The van der Waals surface area contributed by atoms with Gasteiger partial charge in [0, 0.05) is 35.9 Å². The SMILES string of the molecule is COc1cccc(OCC#Cc2cnc(N3CCC4(CC3)Cc3ccccc3[C@H]4N[S+]([O-])C(C)(C)C)c(CO)n2)c1. The number of fused-ring (bicyclic) bond motifs is 1. The Morgan fingerprint density at radius 3 is 2.63 bits per heavy atom. The lowest BCUT2D eigenvalue weighted by molar-refractivity contribution is 0.175. The van der Waals surface area contributed by atoms with Crippen LogP contribution in [0, 0.1) is 17.3 Å². The molecule has 0 saturated carbocycles. The summed E-state index contributed by atoms with van der Waals surface area (Å²) in [6, 6.07) is 15.9. The number of rotatable bonds is 7. The third kappa shape index (κ3) is 6.47. The first-order chi connectivity index (χ1) is 19.7. The monoisotopic (exact) mass is 574 g/mol. The lowest BCUT2D eigenvalue weighted by Crippen LogP contribution is -2.50. The van der Waals surface area contributed by atoms with E-state index >= 15 is 0 Å². The summed E-state index contributed by atoms with van der Waals surface area (Å²) >= 11 is -1.18. The Hall–Kier alpha value is -3.29. The highest BCUT2D eigenvalue weighted by atomic mass is 32.2. The highest BCUT2D eigenvalue weighted by Gasteiger charge is 2.50. The molecule has 2 N–H and O–H groups in total. The molecule has 1 unspecified atom stereocenters. The Morgan fingerprint density at radius 1 is 1.15 bits per heavy atom. The highest BCUT2D eigenvalue weighted by Crippen LogP contribution is 2.53. The van der Waals surface area contributed by atoms with Gasteiger partial charge < -0.3 is 24.0 Å². The van der Waals surface area contributed by atoms with Gasteiger partial charge in [-0.15, -0.1) is 4.72 Å². The van der Waals surface area contributed by atoms with Crippen molar-refractivity contribution in [3.8, 4) is 23.3 Å². The van der Waals surface area contributed by atoms with Crippen LogP contribution in [0.25, 0.3) is 0 Å². The summed E-state index contributed by atoms with van der Waals surface area (Å²) in [5.41, 5.74) is 3.56. The van der Waals surface area contributed by atoms with E-state index in [4.69, 9.17) is 9.47 Å². The van der Waals surface area contributed by atoms with Crippen LogP contribution in [-0.2, 0) is 24.4 Å². The molecule has 2 aliphatic rings. The summed E-state index contributed by atoms with van der Waals surface area (Å²) in [4.78, 5) is 11.5. The predicted molar refractivity (Wildman–Crippen MR) is 161 cm³/mol. The molecule has 0 radical (unpaired) electrons. The molecule has 2 atom stereocenters. The van der Waals surface area contributed by atoms with E-state index in [9.17, 15) is 9.66 Å². The number of aliphatic hydroxyl groups is 1. The Balaban J connectivity index is 1.26. The van der Waals surface area contributed by atoms with Crippen molar-refractivity contribution in [2.24, 2.45) is 5.41 Å². The molecule has 1 saturated heterocycles. The predicted octanol–water partition coefficient (Wildman–Crippen LogP) is 4.34. The van der Waals surface area contributed by atoms with Crippen LogP contribution in [0.4, 0.5) is 5.82 Å². The maximum absolute atomic E-state index is 13.2. The normalized spacial score (nSPS) is 18.4. The van der Waals surface area contributed by atoms with E-state index < -0.39 is 11.4 Å². The molecule has 1 aliphatic carbocycles. The van der Waals surface area contributed by atoms with E-state index in [-0.39, 0.29) is 29.4 Å². The van der Waals surface area contributed by atoms with Crippen LogP contribution < -0.4 is 19.1 Å². The van der Waals surface area contributed by atoms with Crippen LogP contribution in [0.2, 0.25) is 0 Å². The van der Waals surface area contributed by atoms with Gasteiger partial charge in [-0.2, -0.15) is 0 Å². The third-order valence-electron chi connectivity index (χ3n) is 7.90. The molecule has 0 amide bonds. The van der Waals surface area contributed by atoms with E-state index in [0.717, 1.165) is 38.1 Å². The average molecular weight is 575 g/mol. The molecule has 2 heterocycles. The van der Waals surface area contributed by atoms with Crippen molar-refractivity contribution in [1.82, 2.24) is 14.7 Å². The van der Waals surface area contributed by atoms with Gasteiger partial charge in [0.15, 0.2) is 5.82 Å². The number of hydrogen-bond donors (Lipinski definition) is 2. The smallest absolute Gasteiger partial charge is 0.152 e. The summed E-state index contributed by atoms with van der Waals surface area (Å²) in [7, 11) is 1.61. The zero-order chi connectivity index (χ0) is 29.0. The van der Waals surface area contributed by atoms with Crippen molar-refractivity contribution in [2.45, 2.75) is 57.4 Å². The first-order valence-electron chi connectivity index (χ1n) is 14.0. The number of ether oxygens (including phenoxy) is 2. The molecule has 1 aliphatic heterocycles. The van der Waals surface area contributed by atoms with Crippen molar-refractivity contribution in [3.63, 3.8) is 0 Å². The Labute approximate surface area is 245 Å². The van der Waals surface area contributed by atoms with Gasteiger partial charge in [0.1, 0.15) is 34.2 Å². The van der Waals surface area contributed by atoms with Crippen molar-refractivity contribution in [2.75, 3.05) is 31.7 Å². The van der Waals surface area contributed by atoms with Crippen LogP contribution in [0.1, 0.15) is 62.2 Å². The molecule has 3 aromatic rings. The first kappa shape index (κ1) is 29.2. The van der Waals surface area contributed by atoms with Crippen LogP contribution in [0.5, 0.6) is 11.5 Å². The van der Waals surface area contributed by atoms with Gasteiger partial charge in [0.05, 0.1) is 26.0 Å². The molecule has 8 nitrogen and oxygen atoms in total. The summed E-state index contributed by atoms with van der Waals surface area (Å²) in [6.07, 6.45) is 4.44. The van der Waals surface area contributed by atoms with Crippen molar-refractivity contribution in [1.29, 1.82) is 0 Å². The van der Waals surface area contributed by atoms with Crippen molar-refractivity contribution >= 4 is 17.2 Å². The zero-order valence-electron chi connectivity index (χ0n) is 24.1. The number of hydrogen-bond acceptors (Lipinski definition) is 8. The maximum Gasteiger partial charge on any atom is 0.152 e. The van der Waals surface area contributed by atoms with Gasteiger partial charge in [-0.25, -0.2) is 9.97 Å². The fourth-order valence-corrected chi connectivity index (χ4v) is 6.62. The molecule has 0 bridgehead atoms. The second kappa shape index (κ2) is 12.3. The quantitative estimate of drug-likeness (QED) is 0.317. The Bertz CT molecular complexity index is 1420. The first-order valence-corrected chi connectivity index (χ1v) is 15.1. The summed E-state index contributed by atoms with van der Waals surface area (Å²) in [5.74, 6) is 8.04. The molecule has 5 rings (SSSR count). The largest absolute Gasteiger partial charge is 0.598 e. The number of piperidine rings is 1. The maximum atomic E-state index is 13.2. The Morgan fingerprint density at radius 2 is 1.90 bits per heavy atom. The standard InChI is InChI=1S/C32H38N4O4S/c1-31(2,3)41(38)35-29-27-13-6-5-9-23(27)20-32(29)14-16-36(17-15-32)30-28(22-37)34-24(21-33-30)10-8-18-40-26-12-7-11-25(19-26)39-4/h5-7,9,11-13,19,21,29,35,37H,14-18,20,22H2,1-4H3/t29-,41?/m1/s1. The summed E-state index contributed by atoms with van der Waals surface area (Å²) in [6.45, 7) is 7.52. The minimum atomic E-state index is -1.18. The lowest BCUT2D eigenvalue weighted by Gasteiger charge is -2.44. The topological polar surface area (TPSA) is 103 Å². The second-order valence-corrected chi connectivity index (χ2v) is 13.6. The zero-order valence-corrected chi connectivity index (χ0v) is 25.0. The average Bonchev–Trinajstić information content (AvgIpc) is 3.27. The highest BCUT2D eigenvalue weighted by molar-refractivity contribution is 7.90. The molecule has 1 spiro atoms. The lowest BCUT2D eigenvalue weighted by atomic mass is 9.73. The van der Waals surface area contributed by atoms with Crippen LogP contribution in [0.15, 0.2) is 54.7 Å². The van der Waals surface area contributed by atoms with Crippen molar-refractivity contribution < 1.29 is 19.1 Å². The van der Waals surface area contributed by atoms with E-state index in [1.54, 1.807) is 19.4 Å². The minimum Gasteiger partial charge on any atom is -0.598 e. The Kier molecular flexibility index (Phi) is 8.76. The van der Waals surface area contributed by atoms with Gasteiger partial charge in [-0.1, -0.05) is 36.3 Å². The number of nitrogens with one attached hydrogen (secondary N) is 1. The summed E-state index contributed by atoms with van der Waals surface area (Å²) < 4.78 is 27.2. The van der Waals surface area contributed by atoms with Gasteiger partial charge in [-0.05, 0) is 69.2 Å². The summed E-state index contributed by atoms with van der Waals surface area (Å²) in [5, 5.41) is 10.1. The van der Waals surface area contributed by atoms with E-state index in [2.05, 4.69) is 55.7 Å². The molecule has 9 heteroatoms. The molecular formula is C32H38N4O4S. The number of aliphatic hydroxyl groups excluding tert-OH is 1. The van der Waals surface area contributed by atoms with E-state index in [1.165, 1.54) is 11.1 Å². The third-order valence-corrected chi connectivity index (χ3v) is 9.46. The number of aromatic nitrogens is 2. The van der Waals surface area contributed by atoms with E-state index in [0.29, 0.717) is 23.0 Å². The van der Waals surface area contributed by atoms with Gasteiger partial charge in [-0.3, -0.25) is 0 Å². The molecule has 1 aromatic heterocycles. The molecular weight excluding hydrogens is 536 g/mol. The molecule has 41 heavy (non-hydrogen) atoms. The number of benzene rings is 2. The van der Waals surface area contributed by atoms with Crippen LogP contribution in [-0.4, -0.2) is 51.2 Å². The molecule has 1 fully saturated rings. The fraction of sp³-hybridized carbons (Fsp3) is 0.438. The number of nitrogens with zero attached hydrogens (tertiary/aromatic N) is 3. The van der Waals surface area contributed by atoms with Gasteiger partial charge in [0.2, 0.25) is 0 Å². The number of anilines is 1. The van der Waals surface area contributed by atoms with Crippen LogP contribution >= 0.6 is 0 Å². The number of methoxy groups -OCH3 is 1. The van der Waals surface area contributed by atoms with E-state index in [1.807, 2.05) is 39.0 Å². The van der Waals surface area contributed by atoms with Crippen LogP contribution in [0.3, 0.4) is 0 Å². The molecule has 2 aromatic carbocycles. The minimum absolute atomic E-state index is 0.0257. The van der Waals surface area contributed by atoms with Gasteiger partial charge >= 0.3 is 0 Å². The second-order valence-electron chi connectivity index (χ2n) is 11.6. The van der Waals surface area contributed by atoms with Gasteiger partial charge in [0.25, 0.3) is 0 Å². The molecule has 216 valence electrons. The fourth-order valence-electron chi connectivity index (χ4n) is 5.68. The van der Waals surface area contributed by atoms with Crippen molar-refractivity contribution in [3.05, 3.63) is 77.2 Å².